The highest BCUT2D eigenvalue weighted by Crippen LogP contribution is 2.49. The van der Waals surface area contributed by atoms with Crippen molar-refractivity contribution in [2.45, 2.75) is 16.3 Å². The maximum atomic E-state index is 12.8. The van der Waals surface area contributed by atoms with Crippen LogP contribution in [0.15, 0.2) is 5.70 Å². The van der Waals surface area contributed by atoms with Crippen molar-refractivity contribution < 1.29 is 24.3 Å². The fourth-order valence-electron chi connectivity index (χ4n) is 2.95. The van der Waals surface area contributed by atoms with E-state index in [2.05, 4.69) is 42.1 Å². The second kappa shape index (κ2) is 7.56. The van der Waals surface area contributed by atoms with E-state index in [0.29, 0.717) is 6.41 Å². The van der Waals surface area contributed by atoms with E-state index in [1.54, 1.807) is 0 Å². The Morgan fingerprint density at radius 1 is 1.50 bits per heavy atom. The van der Waals surface area contributed by atoms with Crippen LogP contribution in [0, 0.1) is 0 Å². The van der Waals surface area contributed by atoms with Gasteiger partial charge < -0.3 is 15.7 Å². The van der Waals surface area contributed by atoms with Crippen LogP contribution in [0.4, 0.5) is 0 Å². The van der Waals surface area contributed by atoms with Crippen molar-refractivity contribution in [3.05, 3.63) is 11.5 Å². The Bertz CT molecular complexity index is 921. The van der Waals surface area contributed by atoms with Crippen molar-refractivity contribution >= 4 is 75.0 Å². The molecule has 2 aliphatic rings. The summed E-state index contributed by atoms with van der Waals surface area (Å²) < 4.78 is 1.23. The van der Waals surface area contributed by atoms with E-state index >= 15 is 0 Å². The van der Waals surface area contributed by atoms with Gasteiger partial charge in [0.05, 0.1) is 10.9 Å². The smallest absolute Gasteiger partial charge is 0.353 e. The van der Waals surface area contributed by atoms with E-state index in [9.17, 15) is 24.3 Å². The number of hydrogen-bond donors (Lipinski definition) is 3. The highest BCUT2D eigenvalue weighted by molar-refractivity contribution is 9.09. The predicted molar refractivity (Wildman–Crippen MR) is 103 cm³/mol. The number of rotatable bonds is 7. The van der Waals surface area contributed by atoms with Crippen molar-refractivity contribution in [2.24, 2.45) is 7.05 Å². The van der Waals surface area contributed by atoms with Crippen LogP contribution in [-0.2, 0) is 26.2 Å². The standard InChI is InChI=1S/C13H12BrN7O5S2/c1-20-8(17-18-19-20)6-7(10(24)25)21-11(26)13(3-27,15-4-22)12(21)28-9(6)16-5(23)2-14/h3-4,9,12H,2H2,1H3,(H,15,22)(H,16,23)(H,24,25)/t9?,12-,13-/m0/s1. The molecule has 3 N–H and O–H groups in total. The normalized spacial score (nSPS) is 26.2. The molecule has 148 valence electrons. The quantitative estimate of drug-likeness (QED) is 0.173. The van der Waals surface area contributed by atoms with Crippen molar-refractivity contribution in [3.8, 4) is 0 Å². The molecule has 0 saturated carbocycles. The first-order chi connectivity index (χ1) is 13.3. The molecule has 3 amide bonds. The molecule has 12 nitrogen and oxygen atoms in total. The van der Waals surface area contributed by atoms with Crippen LogP contribution >= 0.6 is 39.9 Å². The highest BCUT2D eigenvalue weighted by Gasteiger charge is 2.65. The number of aromatic nitrogens is 4. The largest absolute Gasteiger partial charge is 0.477 e. The number of thiocarbonyl (C=S) groups is 1. The SMILES string of the molecule is Cn1nnnc1C1=C(C(=O)O)N2C(=O)[C@](C=S)(NC=O)[C@@H]2SC1NC(=O)CBr. The molecule has 0 spiro atoms. The van der Waals surface area contributed by atoms with Crippen LogP contribution < -0.4 is 10.6 Å². The van der Waals surface area contributed by atoms with Gasteiger partial charge >= 0.3 is 5.97 Å². The Morgan fingerprint density at radius 3 is 2.71 bits per heavy atom. The summed E-state index contributed by atoms with van der Waals surface area (Å²) in [4.78, 5) is 48.9. The lowest BCUT2D eigenvalue weighted by Gasteiger charge is -2.56. The Hall–Kier alpha value is -2.39. The van der Waals surface area contributed by atoms with Gasteiger partial charge in [0.1, 0.15) is 16.4 Å². The molecular weight excluding hydrogens is 478 g/mol. The van der Waals surface area contributed by atoms with Gasteiger partial charge in [0, 0.05) is 12.4 Å². The fraction of sp³-hybridized carbons (Fsp3) is 0.385. The molecular formula is C13H12BrN7O5S2. The van der Waals surface area contributed by atoms with Crippen molar-refractivity contribution in [2.75, 3.05) is 5.33 Å². The minimum absolute atomic E-state index is 0.0327. The molecule has 1 saturated heterocycles. The molecule has 1 aromatic heterocycles. The van der Waals surface area contributed by atoms with Gasteiger partial charge in [-0.1, -0.05) is 28.1 Å². The molecule has 0 aromatic carbocycles. The van der Waals surface area contributed by atoms with Crippen LogP contribution in [0.5, 0.6) is 0 Å². The number of carboxylic acid groups (broad SMARTS) is 1. The van der Waals surface area contributed by atoms with Crippen LogP contribution in [0.3, 0.4) is 0 Å². The second-order valence-electron chi connectivity index (χ2n) is 5.69. The van der Waals surface area contributed by atoms with E-state index in [1.165, 1.54) is 11.7 Å². The Morgan fingerprint density at radius 2 is 2.21 bits per heavy atom. The number of tetrazole rings is 1. The number of amides is 3. The summed E-state index contributed by atoms with van der Waals surface area (Å²) in [5.41, 5.74) is -1.91. The lowest BCUT2D eigenvalue weighted by molar-refractivity contribution is -0.152. The summed E-state index contributed by atoms with van der Waals surface area (Å²) in [6.45, 7) is 0. The van der Waals surface area contributed by atoms with Crippen molar-refractivity contribution in [1.82, 2.24) is 35.7 Å². The van der Waals surface area contributed by atoms with Crippen LogP contribution in [0.25, 0.3) is 5.57 Å². The molecule has 28 heavy (non-hydrogen) atoms. The number of β-lactam (4-membered cyclic amide) rings is 1. The molecule has 0 radical (unpaired) electrons. The number of carbonyl (C=O) groups is 4. The third-order valence-corrected chi connectivity index (χ3v) is 6.53. The monoisotopic (exact) mass is 489 g/mol. The third kappa shape index (κ3) is 2.89. The summed E-state index contributed by atoms with van der Waals surface area (Å²) in [6.07, 6.45) is 0.316. The van der Waals surface area contributed by atoms with E-state index in [1.807, 2.05) is 0 Å². The van der Waals surface area contributed by atoms with Crippen molar-refractivity contribution in [3.63, 3.8) is 0 Å². The maximum absolute atomic E-state index is 12.8. The number of aliphatic carboxylic acids is 1. The van der Waals surface area contributed by atoms with Gasteiger partial charge in [0.15, 0.2) is 11.4 Å². The van der Waals surface area contributed by atoms with Gasteiger partial charge in [-0.3, -0.25) is 19.3 Å². The maximum Gasteiger partial charge on any atom is 0.353 e. The third-order valence-electron chi connectivity index (χ3n) is 4.18. The zero-order valence-electron chi connectivity index (χ0n) is 14.0. The van der Waals surface area contributed by atoms with Gasteiger partial charge in [-0.15, -0.1) is 16.9 Å². The predicted octanol–water partition coefficient (Wildman–Crippen LogP) is -1.76. The molecule has 3 atom stereocenters. The number of alkyl halides is 1. The molecule has 0 aliphatic carbocycles. The number of nitrogens with zero attached hydrogens (tertiary/aromatic N) is 5. The number of hydrogen-bond acceptors (Lipinski definition) is 9. The molecule has 1 unspecified atom stereocenters. The topological polar surface area (TPSA) is 159 Å². The number of nitrogens with one attached hydrogen (secondary N) is 2. The second-order valence-corrected chi connectivity index (χ2v) is 7.67. The van der Waals surface area contributed by atoms with Crippen LogP contribution in [-0.4, -0.2) is 81.4 Å². The summed E-state index contributed by atoms with van der Waals surface area (Å²) in [5.74, 6) is -2.48. The van der Waals surface area contributed by atoms with Gasteiger partial charge in [-0.25, -0.2) is 9.48 Å². The number of carboxylic acids is 1. The molecule has 3 heterocycles. The van der Waals surface area contributed by atoms with Crippen LogP contribution in [0.2, 0.25) is 0 Å². The molecule has 3 rings (SSSR count). The molecule has 1 aromatic rings. The van der Waals surface area contributed by atoms with E-state index in [0.717, 1.165) is 22.0 Å². The van der Waals surface area contributed by atoms with Crippen LogP contribution in [0.1, 0.15) is 5.82 Å². The van der Waals surface area contributed by atoms with Gasteiger partial charge in [0.2, 0.25) is 12.3 Å². The van der Waals surface area contributed by atoms with Gasteiger partial charge in [-0.05, 0) is 10.4 Å². The summed E-state index contributed by atoms with van der Waals surface area (Å²) >= 11 is 9.00. The average molecular weight is 490 g/mol. The molecule has 15 heteroatoms. The Kier molecular flexibility index (Phi) is 5.49. The minimum atomic E-state index is -1.57. The Labute approximate surface area is 175 Å². The van der Waals surface area contributed by atoms with Gasteiger partial charge in [0.25, 0.3) is 5.91 Å². The highest BCUT2D eigenvalue weighted by atomic mass is 79.9. The van der Waals surface area contributed by atoms with Crippen molar-refractivity contribution in [1.29, 1.82) is 0 Å². The van der Waals surface area contributed by atoms with E-state index < -0.39 is 39.8 Å². The summed E-state index contributed by atoms with van der Waals surface area (Å²) in [5, 5.41) is 25.1. The molecule has 2 aliphatic heterocycles. The number of halogens is 1. The zero-order chi connectivity index (χ0) is 20.6. The Balaban J connectivity index is 2.20. The van der Waals surface area contributed by atoms with E-state index in [4.69, 9.17) is 12.2 Å². The number of aryl methyl sites for hydroxylation is 1. The average Bonchev–Trinajstić information content (AvgIpc) is 3.10. The summed E-state index contributed by atoms with van der Waals surface area (Å²) in [6, 6.07) is 0. The van der Waals surface area contributed by atoms with Gasteiger partial charge in [-0.2, -0.15) is 0 Å². The molecule has 1 fully saturated rings. The number of fused-ring (bicyclic) bond motifs is 1. The molecule has 0 bridgehead atoms. The first-order valence-corrected chi connectivity index (χ1v) is 10.1. The number of carbonyl (C=O) groups excluding carboxylic acids is 3. The lowest BCUT2D eigenvalue weighted by atomic mass is 9.88. The fourth-order valence-corrected chi connectivity index (χ4v) is 5.08. The minimum Gasteiger partial charge on any atom is -0.477 e. The lowest BCUT2D eigenvalue weighted by Crippen LogP contribution is -2.80. The zero-order valence-corrected chi connectivity index (χ0v) is 17.2. The first-order valence-electron chi connectivity index (χ1n) is 7.54. The summed E-state index contributed by atoms with van der Waals surface area (Å²) in [7, 11) is 1.50. The first kappa shape index (κ1) is 20.3. The number of thioether (sulfide) groups is 1. The van der Waals surface area contributed by atoms with E-state index in [-0.39, 0.29) is 16.7 Å².